The van der Waals surface area contributed by atoms with E-state index in [1.165, 1.54) is 0 Å². The highest BCUT2D eigenvalue weighted by Crippen LogP contribution is 2.67. The summed E-state index contributed by atoms with van der Waals surface area (Å²) in [5, 5.41) is 78.2. The van der Waals surface area contributed by atoms with Crippen molar-refractivity contribution < 1.29 is 93.0 Å². The number of carbonyl (C=O) groups excluding carboxylic acids is 8. The molecule has 35 heteroatoms. The molecule has 0 amide bonds. The Balaban J connectivity index is 1.74. The van der Waals surface area contributed by atoms with Crippen molar-refractivity contribution >= 4 is 232 Å². The van der Waals surface area contributed by atoms with Crippen LogP contribution in [-0.4, -0.2) is 153 Å². The van der Waals surface area contributed by atoms with Gasteiger partial charge in [0.05, 0.1) is 131 Å². The summed E-state index contributed by atoms with van der Waals surface area (Å²) in [6.07, 6.45) is -8.28. The molecule has 19 nitrogen and oxygen atoms in total. The largest absolute Gasteiger partial charge is 0.439 e. The molecule has 103 heavy (non-hydrogen) atoms. The van der Waals surface area contributed by atoms with Gasteiger partial charge in [0.15, 0.2) is 0 Å². The number of ether oxygens (including phenoxy) is 4. The molecule has 2 heterocycles. The van der Waals surface area contributed by atoms with Crippen molar-refractivity contribution in [1.82, 2.24) is 0 Å². The molecule has 8 aromatic carbocycles. The number of hydrogen-bond acceptors (Lipinski definition) is 19. The Morgan fingerprint density at radius 3 is 0.961 bits per heavy atom. The van der Waals surface area contributed by atoms with Crippen molar-refractivity contribution in [2.75, 3.05) is 13.2 Å². The monoisotopic (exact) mass is 1720 g/mol. The molecule has 0 aliphatic carbocycles. The third-order valence-corrected chi connectivity index (χ3v) is 22.1. The zero-order valence-electron chi connectivity index (χ0n) is 50.6. The van der Waals surface area contributed by atoms with E-state index in [0.29, 0.717) is 0 Å². The minimum absolute atomic E-state index is 0.762. The molecule has 0 saturated carbocycles. The molecule has 0 spiro atoms. The maximum atomic E-state index is 18.7. The predicted molar refractivity (Wildman–Crippen MR) is 386 cm³/mol. The second-order valence-electron chi connectivity index (χ2n) is 22.5. The zero-order chi connectivity index (χ0) is 75.9. The third-order valence-electron chi connectivity index (χ3n) is 17.0. The molecule has 8 aromatic rings. The van der Waals surface area contributed by atoms with Gasteiger partial charge in [0, 0.05) is 0 Å². The summed E-state index contributed by atoms with van der Waals surface area (Å²) in [5.41, 5.74) is -41.9. The van der Waals surface area contributed by atoms with Crippen molar-refractivity contribution in [3.63, 3.8) is 0 Å². The number of aliphatic hydroxyl groups excluding tert-OH is 4. The van der Waals surface area contributed by atoms with Gasteiger partial charge in [0.1, 0.15) is 24.9 Å². The molecule has 2 fully saturated rings. The first-order valence-corrected chi connectivity index (χ1v) is 34.9. The van der Waals surface area contributed by atoms with E-state index in [-0.39, 0.29) is 0 Å². The van der Waals surface area contributed by atoms with Crippen molar-refractivity contribution in [2.24, 2.45) is 0 Å². The first kappa shape index (κ1) is 80.7. The van der Waals surface area contributed by atoms with E-state index in [0.717, 1.165) is 146 Å². The molecular weight excluding hydrogens is 1690 g/mol. The van der Waals surface area contributed by atoms with Crippen LogP contribution in [0.5, 0.6) is 0 Å². The Morgan fingerprint density at radius 2 is 0.660 bits per heavy atom. The van der Waals surface area contributed by atoms with Crippen molar-refractivity contribution in [2.45, 2.75) is 57.9 Å². The Bertz CT molecular complexity index is 4720. The van der Waals surface area contributed by atoms with Crippen LogP contribution in [0.4, 0.5) is 0 Å². The fourth-order valence-electron chi connectivity index (χ4n) is 12.4. The van der Waals surface area contributed by atoms with E-state index in [1.54, 1.807) is 0 Å². The molecule has 2 aliphatic heterocycles. The SMILES string of the molecule is O=C(O[C@@]1(C(=O)c2c(Cl)cccc2Cl)[C@@](O)(C(=O)c2c(Cl)cccc2Cl)[C@](O)(C(=O)c2c(Cl)cccc2Cl)[C@@](OC2(CO)O[C@H](CO)[C@@H](O)[C@@H]2O)(C(=O)c2c(Cl)cccc2Cl)O[C@]1(C(=O)c1c(Cl)cccc1Cl)C(O)(C(=O)c1c(Cl)cccc1Cl)C(=O)c1c(Cl)cccc1Cl)c1c(Cl)cccc1Cl. The van der Waals surface area contributed by atoms with Crippen LogP contribution in [0, 0.1) is 0 Å². The lowest BCUT2D eigenvalue weighted by Crippen LogP contribution is -2.99. The summed E-state index contributed by atoms with van der Waals surface area (Å²) in [4.78, 5) is 143. The topological polar surface area (TPSA) is 315 Å². The average molecular weight is 1730 g/mol. The molecule has 536 valence electrons. The Hall–Kier alpha value is -4.84. The average Bonchev–Trinajstić information content (AvgIpc) is 0.726. The van der Waals surface area contributed by atoms with E-state index in [9.17, 15) is 20.4 Å². The fourth-order valence-corrected chi connectivity index (χ4v) is 16.9. The molecule has 9 atom stereocenters. The van der Waals surface area contributed by atoms with Gasteiger partial charge in [-0.15, -0.1) is 0 Å². The summed E-state index contributed by atoms with van der Waals surface area (Å²) in [6, 6.07) is 21.0. The van der Waals surface area contributed by atoms with Crippen molar-refractivity contribution in [1.29, 1.82) is 0 Å². The highest BCUT2D eigenvalue weighted by atomic mass is 35.5. The number of hydrogen-bond donors (Lipinski definition) is 7. The lowest BCUT2D eigenvalue weighted by Gasteiger charge is -2.68. The number of aliphatic hydroxyl groups is 7. The summed E-state index contributed by atoms with van der Waals surface area (Å²) < 4.78 is 26.2. The molecule has 7 N–H and O–H groups in total. The highest BCUT2D eigenvalue weighted by molar-refractivity contribution is 6.50. The number of ketones is 7. The van der Waals surface area contributed by atoms with E-state index in [1.807, 2.05) is 0 Å². The van der Waals surface area contributed by atoms with Gasteiger partial charge in [0.2, 0.25) is 68.7 Å². The maximum absolute atomic E-state index is 18.7. The third kappa shape index (κ3) is 12.3. The molecule has 0 aromatic heterocycles. The maximum Gasteiger partial charge on any atom is 0.342 e. The Kier molecular flexibility index (Phi) is 23.7. The standard InChI is InChI=1S/C68H38Cl16O19/c69-27-9-1-10-28(70)44(27)53(88)63(97,54(89)45-29(71)11-2-12-30(45)72)66(57(92)48-35(77)17-5-18-36(48)78)67(58(93)49-37(79)19-6-20-38(49)80,101-61(96)51-41(83)23-8-24-42(51)84)64(98,55(90)46-31(73)13-3-14-32(46)74)65(99,56(91)47-33(75)15-4-16-34(47)76)68(103-66,59(94)50-39(81)21-7-22-40(50)82)102-62(26-86)60(95)52(87)43(25-85)100-62/h1-24,43,52,60,85-87,95,97-99H,25-26H2/t43-,52-,60+,62?,64-,65-,66-,67+,68-/m1/s1. The van der Waals surface area contributed by atoms with Crippen molar-refractivity contribution in [3.8, 4) is 0 Å². The number of Topliss-reactive ketones (excluding diaryl/α,β-unsaturated/α-hetero) is 7. The normalized spacial score (nSPS) is 24.0. The summed E-state index contributed by atoms with van der Waals surface area (Å²) in [5.74, 6) is -31.8. The number of carbonyl (C=O) groups is 8. The number of halogens is 16. The molecule has 2 saturated heterocycles. The van der Waals surface area contributed by atoms with Gasteiger partial charge in [-0.3, -0.25) is 33.6 Å². The highest BCUT2D eigenvalue weighted by Gasteiger charge is 2.99. The van der Waals surface area contributed by atoms with Crippen LogP contribution in [-0.2, 0) is 18.9 Å². The van der Waals surface area contributed by atoms with Crippen LogP contribution in [0.1, 0.15) is 82.9 Å². The van der Waals surface area contributed by atoms with Crippen LogP contribution in [0.15, 0.2) is 146 Å². The van der Waals surface area contributed by atoms with Gasteiger partial charge in [-0.05, 0) is 97.1 Å². The summed E-state index contributed by atoms with van der Waals surface area (Å²) in [6.45, 7) is -3.70. The smallest absolute Gasteiger partial charge is 0.342 e. The first-order valence-electron chi connectivity index (χ1n) is 28.8. The minimum Gasteiger partial charge on any atom is -0.439 e. The lowest BCUT2D eigenvalue weighted by atomic mass is 9.46. The van der Waals surface area contributed by atoms with Gasteiger partial charge in [-0.1, -0.05) is 234 Å². The van der Waals surface area contributed by atoms with Crippen LogP contribution in [0.2, 0.25) is 80.4 Å². The van der Waals surface area contributed by atoms with Gasteiger partial charge < -0.3 is 54.7 Å². The van der Waals surface area contributed by atoms with E-state index in [2.05, 4.69) is 0 Å². The quantitative estimate of drug-likeness (QED) is 0.0200. The first-order chi connectivity index (χ1) is 48.4. The predicted octanol–water partition coefficient (Wildman–Crippen LogP) is 15.7. The van der Waals surface area contributed by atoms with Crippen LogP contribution in [0.3, 0.4) is 0 Å². The van der Waals surface area contributed by atoms with E-state index >= 15 is 53.7 Å². The molecule has 0 bridgehead atoms. The van der Waals surface area contributed by atoms with Crippen LogP contribution >= 0.6 is 186 Å². The lowest BCUT2D eigenvalue weighted by molar-refractivity contribution is -0.456. The molecule has 10 rings (SSSR count). The van der Waals surface area contributed by atoms with Gasteiger partial charge in [-0.2, -0.15) is 0 Å². The second-order valence-corrected chi connectivity index (χ2v) is 29.0. The number of rotatable bonds is 21. The van der Waals surface area contributed by atoms with Crippen LogP contribution in [0.25, 0.3) is 0 Å². The number of esters is 1. The van der Waals surface area contributed by atoms with E-state index < -0.39 is 242 Å². The van der Waals surface area contributed by atoms with Gasteiger partial charge in [0.25, 0.3) is 11.4 Å². The summed E-state index contributed by atoms with van der Waals surface area (Å²) in [7, 11) is 0. The Labute approximate surface area is 660 Å². The molecule has 0 radical (unpaired) electrons. The zero-order valence-corrected chi connectivity index (χ0v) is 62.7. The van der Waals surface area contributed by atoms with Crippen LogP contribution < -0.4 is 0 Å². The fraction of sp³-hybridized carbons (Fsp3) is 0.176. The van der Waals surface area contributed by atoms with Gasteiger partial charge >= 0.3 is 5.97 Å². The number of benzene rings is 8. The molecule has 1 unspecified atom stereocenters. The Morgan fingerprint density at radius 1 is 0.388 bits per heavy atom. The van der Waals surface area contributed by atoms with E-state index in [4.69, 9.17) is 205 Å². The molecular formula is C68H38Cl16O19. The second kappa shape index (κ2) is 30.3. The molecule has 2 aliphatic rings. The minimum atomic E-state index is -6.12. The van der Waals surface area contributed by atoms with Gasteiger partial charge in [-0.25, -0.2) is 4.79 Å². The van der Waals surface area contributed by atoms with Crippen molar-refractivity contribution in [3.05, 3.63) is 270 Å². The summed E-state index contributed by atoms with van der Waals surface area (Å²) >= 11 is 112.